The molecule has 0 amide bonds. The average molecular weight is 297 g/mol. The van der Waals surface area contributed by atoms with Crippen molar-refractivity contribution in [1.82, 2.24) is 9.21 Å². The van der Waals surface area contributed by atoms with E-state index in [1.54, 1.807) is 29.4 Å². The molecule has 0 spiro atoms. The lowest BCUT2D eigenvalue weighted by atomic mass is 10.1. The van der Waals surface area contributed by atoms with Crippen LogP contribution in [0, 0.1) is 6.92 Å². The summed E-state index contributed by atoms with van der Waals surface area (Å²) >= 11 is 0. The van der Waals surface area contributed by atoms with Crippen molar-refractivity contribution in [2.75, 3.05) is 32.9 Å². The lowest BCUT2D eigenvalue weighted by Gasteiger charge is -2.34. The van der Waals surface area contributed by atoms with Crippen LogP contribution in [0.15, 0.2) is 23.1 Å². The van der Waals surface area contributed by atoms with E-state index in [0.717, 1.165) is 12.8 Å². The van der Waals surface area contributed by atoms with Gasteiger partial charge in [0.25, 0.3) is 0 Å². The van der Waals surface area contributed by atoms with Crippen LogP contribution in [0.2, 0.25) is 0 Å². The molecular formula is C14H23N3O2S. The molecule has 1 aromatic rings. The number of aryl methyl sites for hydroxylation is 1. The first-order valence-corrected chi connectivity index (χ1v) is 8.29. The van der Waals surface area contributed by atoms with Crippen LogP contribution in [0.5, 0.6) is 0 Å². The monoisotopic (exact) mass is 297 g/mol. The molecule has 0 bridgehead atoms. The maximum Gasteiger partial charge on any atom is 0.245 e. The fraction of sp³-hybridized carbons (Fsp3) is 0.571. The van der Waals surface area contributed by atoms with Gasteiger partial charge in [0.05, 0.1) is 5.69 Å². The molecule has 1 aliphatic rings. The Labute approximate surface area is 121 Å². The van der Waals surface area contributed by atoms with Gasteiger partial charge in [0.15, 0.2) is 0 Å². The first-order chi connectivity index (χ1) is 9.34. The second kappa shape index (κ2) is 5.71. The summed E-state index contributed by atoms with van der Waals surface area (Å²) in [7, 11) is 0.589. The Morgan fingerprint density at radius 3 is 2.35 bits per heavy atom. The van der Waals surface area contributed by atoms with E-state index >= 15 is 0 Å². The van der Waals surface area contributed by atoms with Crippen LogP contribution < -0.4 is 5.73 Å². The summed E-state index contributed by atoms with van der Waals surface area (Å²) in [4.78, 5) is 2.43. The number of sulfonamides is 1. The molecule has 1 aromatic carbocycles. The summed E-state index contributed by atoms with van der Waals surface area (Å²) in [5, 5.41) is 0. The highest BCUT2D eigenvalue weighted by Crippen LogP contribution is 2.28. The Balaban J connectivity index is 2.25. The lowest BCUT2D eigenvalue weighted by Crippen LogP contribution is -2.44. The molecule has 0 aromatic heterocycles. The van der Waals surface area contributed by atoms with E-state index in [2.05, 4.69) is 4.90 Å². The zero-order chi connectivity index (χ0) is 14.9. The van der Waals surface area contributed by atoms with Gasteiger partial charge in [-0.05, 0) is 45.5 Å². The summed E-state index contributed by atoms with van der Waals surface area (Å²) in [5.74, 6) is 0. The number of nitrogens with two attached hydrogens (primary N) is 1. The normalized spacial score (nSPS) is 18.6. The van der Waals surface area contributed by atoms with E-state index in [9.17, 15) is 8.42 Å². The van der Waals surface area contributed by atoms with Gasteiger partial charge in [0.2, 0.25) is 10.0 Å². The summed E-state index contributed by atoms with van der Waals surface area (Å²) < 4.78 is 27.0. The zero-order valence-electron chi connectivity index (χ0n) is 12.3. The van der Waals surface area contributed by atoms with Crippen LogP contribution in [0.4, 0.5) is 5.69 Å². The SMILES string of the molecule is Cc1cccc(N)c1S(=O)(=O)N1CCC(N(C)C)CC1. The van der Waals surface area contributed by atoms with Gasteiger partial charge >= 0.3 is 0 Å². The van der Waals surface area contributed by atoms with Gasteiger partial charge in [-0.25, -0.2) is 8.42 Å². The Morgan fingerprint density at radius 1 is 1.25 bits per heavy atom. The van der Waals surface area contributed by atoms with Crippen molar-refractivity contribution < 1.29 is 8.42 Å². The summed E-state index contributed by atoms with van der Waals surface area (Å²) in [6, 6.07) is 5.67. The Hall–Kier alpha value is -1.11. The minimum absolute atomic E-state index is 0.267. The third-order valence-electron chi connectivity index (χ3n) is 3.99. The van der Waals surface area contributed by atoms with Gasteiger partial charge in [-0.2, -0.15) is 4.31 Å². The molecule has 112 valence electrons. The molecule has 0 saturated carbocycles. The van der Waals surface area contributed by atoms with Crippen LogP contribution in [0.3, 0.4) is 0 Å². The molecule has 0 atom stereocenters. The van der Waals surface area contributed by atoms with Gasteiger partial charge in [0.1, 0.15) is 4.90 Å². The van der Waals surface area contributed by atoms with Crippen LogP contribution in [-0.2, 0) is 10.0 Å². The van der Waals surface area contributed by atoms with Gasteiger partial charge in [-0.1, -0.05) is 12.1 Å². The van der Waals surface area contributed by atoms with Crippen LogP contribution in [0.25, 0.3) is 0 Å². The predicted molar refractivity (Wildman–Crippen MR) is 81.1 cm³/mol. The van der Waals surface area contributed by atoms with E-state index in [-0.39, 0.29) is 4.90 Å². The number of anilines is 1. The second-order valence-corrected chi connectivity index (χ2v) is 7.47. The van der Waals surface area contributed by atoms with Crippen molar-refractivity contribution >= 4 is 15.7 Å². The molecule has 20 heavy (non-hydrogen) atoms. The molecule has 0 radical (unpaired) electrons. The molecule has 1 fully saturated rings. The molecular weight excluding hydrogens is 274 g/mol. The molecule has 2 rings (SSSR count). The van der Waals surface area contributed by atoms with Crippen molar-refractivity contribution in [3.8, 4) is 0 Å². The number of benzene rings is 1. The number of hydrogen-bond donors (Lipinski definition) is 1. The molecule has 1 saturated heterocycles. The third kappa shape index (κ3) is 2.82. The molecule has 2 N–H and O–H groups in total. The summed E-state index contributed by atoms with van der Waals surface area (Å²) in [6.07, 6.45) is 1.72. The predicted octanol–water partition coefficient (Wildman–Crippen LogP) is 1.29. The number of hydrogen-bond acceptors (Lipinski definition) is 4. The van der Waals surface area contributed by atoms with Crippen molar-refractivity contribution in [1.29, 1.82) is 0 Å². The van der Waals surface area contributed by atoms with Gasteiger partial charge in [-0.15, -0.1) is 0 Å². The van der Waals surface area contributed by atoms with E-state index in [1.165, 1.54) is 0 Å². The Kier molecular flexibility index (Phi) is 4.36. The fourth-order valence-corrected chi connectivity index (χ4v) is 4.55. The standard InChI is InChI=1S/C14H23N3O2S/c1-11-5-4-6-13(15)14(11)20(18,19)17-9-7-12(8-10-17)16(2)3/h4-6,12H,7-10,15H2,1-3H3. The quantitative estimate of drug-likeness (QED) is 0.854. The Morgan fingerprint density at radius 2 is 1.85 bits per heavy atom. The number of nitrogen functional groups attached to an aromatic ring is 1. The van der Waals surface area contributed by atoms with Crippen molar-refractivity contribution in [3.05, 3.63) is 23.8 Å². The lowest BCUT2D eigenvalue weighted by molar-refractivity contribution is 0.196. The van der Waals surface area contributed by atoms with Crippen molar-refractivity contribution in [2.24, 2.45) is 0 Å². The smallest absolute Gasteiger partial charge is 0.245 e. The first kappa shape index (κ1) is 15.3. The minimum atomic E-state index is -3.48. The fourth-order valence-electron chi connectivity index (χ4n) is 2.76. The van der Waals surface area contributed by atoms with Crippen LogP contribution in [0.1, 0.15) is 18.4 Å². The van der Waals surface area contributed by atoms with Crippen molar-refractivity contribution in [3.63, 3.8) is 0 Å². The van der Waals surface area contributed by atoms with Gasteiger partial charge in [-0.3, -0.25) is 0 Å². The van der Waals surface area contributed by atoms with E-state index in [0.29, 0.717) is 30.4 Å². The number of rotatable bonds is 3. The largest absolute Gasteiger partial charge is 0.398 e. The van der Waals surface area contributed by atoms with Gasteiger partial charge in [0, 0.05) is 19.1 Å². The molecule has 5 nitrogen and oxygen atoms in total. The highest BCUT2D eigenvalue weighted by molar-refractivity contribution is 7.89. The maximum absolute atomic E-state index is 12.7. The molecule has 1 aliphatic heterocycles. The first-order valence-electron chi connectivity index (χ1n) is 6.85. The molecule has 0 aliphatic carbocycles. The van der Waals surface area contributed by atoms with Crippen LogP contribution in [-0.4, -0.2) is 50.8 Å². The third-order valence-corrected chi connectivity index (χ3v) is 6.11. The van der Waals surface area contributed by atoms with E-state index in [1.807, 2.05) is 14.1 Å². The summed E-state index contributed by atoms with van der Waals surface area (Å²) in [6.45, 7) is 2.90. The van der Waals surface area contributed by atoms with Crippen molar-refractivity contribution in [2.45, 2.75) is 30.7 Å². The molecule has 6 heteroatoms. The summed E-state index contributed by atoms with van der Waals surface area (Å²) in [5.41, 5.74) is 6.92. The van der Waals surface area contributed by atoms with Crippen LogP contribution >= 0.6 is 0 Å². The topological polar surface area (TPSA) is 66.6 Å². The molecule has 1 heterocycles. The number of nitrogens with zero attached hydrogens (tertiary/aromatic N) is 2. The van der Waals surface area contributed by atoms with Gasteiger partial charge < -0.3 is 10.6 Å². The molecule has 0 unspecified atom stereocenters. The maximum atomic E-state index is 12.7. The minimum Gasteiger partial charge on any atom is -0.398 e. The zero-order valence-corrected chi connectivity index (χ0v) is 13.2. The average Bonchev–Trinajstić information content (AvgIpc) is 2.38. The highest BCUT2D eigenvalue weighted by Gasteiger charge is 2.32. The van der Waals surface area contributed by atoms with E-state index in [4.69, 9.17) is 5.73 Å². The van der Waals surface area contributed by atoms with E-state index < -0.39 is 10.0 Å². The Bertz CT molecular complexity index is 556. The number of piperidine rings is 1. The highest BCUT2D eigenvalue weighted by atomic mass is 32.2. The second-order valence-electron chi connectivity index (χ2n) is 5.59.